The van der Waals surface area contributed by atoms with Crippen LogP contribution >= 0.6 is 0 Å². The lowest BCUT2D eigenvalue weighted by Gasteiger charge is -2.52. The molecule has 2 aliphatic heterocycles. The maximum Gasteiger partial charge on any atom is 0.178 e. The molecule has 2 spiro atoms. The molecule has 5 aromatic rings. The quantitative estimate of drug-likeness (QED) is 0.160. The van der Waals surface area contributed by atoms with Crippen LogP contribution in [-0.2, 0) is 21.2 Å². The van der Waals surface area contributed by atoms with E-state index in [4.69, 9.17) is 18.9 Å². The largest absolute Gasteiger partial charge is 0.497 e. The second-order valence-corrected chi connectivity index (χ2v) is 21.5. The molecule has 0 radical (unpaired) electrons. The van der Waals surface area contributed by atoms with Gasteiger partial charge in [-0.3, -0.25) is 0 Å². The lowest BCUT2D eigenvalue weighted by atomic mass is 9.52. The van der Waals surface area contributed by atoms with Gasteiger partial charge in [0.2, 0.25) is 0 Å². The van der Waals surface area contributed by atoms with Crippen molar-refractivity contribution in [3.8, 4) is 28.4 Å². The van der Waals surface area contributed by atoms with Crippen molar-refractivity contribution in [3.63, 3.8) is 0 Å². The molecule has 5 heteroatoms. The van der Waals surface area contributed by atoms with Gasteiger partial charge in [-0.25, -0.2) is 0 Å². The Hall–Kier alpha value is -5.00. The monoisotopic (exact) mass is 809 g/mol. The Bertz CT molecular complexity index is 2620. The van der Waals surface area contributed by atoms with E-state index >= 15 is 0 Å². The van der Waals surface area contributed by atoms with Gasteiger partial charge >= 0.3 is 0 Å². The number of ether oxygens (including phenoxy) is 4. The number of hydrogen-bond donors (Lipinski definition) is 0. The molecule has 4 fully saturated rings. The lowest BCUT2D eigenvalue weighted by molar-refractivity contribution is 0.0642. The number of methoxy groups -OCH3 is 2. The lowest BCUT2D eigenvalue weighted by Crippen LogP contribution is -2.44. The minimum absolute atomic E-state index is 0.129. The van der Waals surface area contributed by atoms with Crippen molar-refractivity contribution in [1.82, 2.24) is 0 Å². The molecule has 0 amide bonds. The van der Waals surface area contributed by atoms with Gasteiger partial charge in [-0.05, 0) is 143 Å². The first kappa shape index (κ1) is 37.7. The van der Waals surface area contributed by atoms with Crippen LogP contribution in [0.2, 0.25) is 0 Å². The summed E-state index contributed by atoms with van der Waals surface area (Å²) in [6.45, 7) is 13.3. The Kier molecular flexibility index (Phi) is 7.91. The summed E-state index contributed by atoms with van der Waals surface area (Å²) in [5, 5.41) is 2.55. The molecule has 0 aromatic heterocycles. The Labute approximate surface area is 361 Å². The van der Waals surface area contributed by atoms with Crippen molar-refractivity contribution >= 4 is 22.5 Å². The molecule has 12 rings (SSSR count). The van der Waals surface area contributed by atoms with E-state index in [-0.39, 0.29) is 21.7 Å². The SMILES string of the molecule is COc1ccc(C2(c3ccc(OC)cc3)C=Cc3c4c(c5cc(C67CC=CC8(CC8C6)C7)c(N6CCOCC6)cc5c3O2)-c2ccccc2C42CC(C)(C)CC(C)(C)C2)cc1. The molecule has 1 saturated heterocycles. The van der Waals surface area contributed by atoms with Crippen molar-refractivity contribution in [3.05, 3.63) is 137 Å². The maximum absolute atomic E-state index is 8.00. The normalized spacial score (nSPS) is 27.5. The molecule has 3 unspecified atom stereocenters. The number of hydrogen-bond acceptors (Lipinski definition) is 5. The van der Waals surface area contributed by atoms with E-state index in [1.807, 2.05) is 0 Å². The van der Waals surface area contributed by atoms with Crippen LogP contribution in [0.4, 0.5) is 5.69 Å². The number of benzene rings is 5. The zero-order chi connectivity index (χ0) is 41.6. The molecule has 0 N–H and O–H groups in total. The molecule has 5 aromatic carbocycles. The number of fused-ring (bicyclic) bond motifs is 11. The summed E-state index contributed by atoms with van der Waals surface area (Å²) in [5.41, 5.74) is 11.8. The highest BCUT2D eigenvalue weighted by molar-refractivity contribution is 6.10. The second kappa shape index (κ2) is 12.8. The predicted octanol–water partition coefficient (Wildman–Crippen LogP) is 12.5. The molecule has 312 valence electrons. The second-order valence-electron chi connectivity index (χ2n) is 21.5. The minimum Gasteiger partial charge on any atom is -0.497 e. The highest BCUT2D eigenvalue weighted by Gasteiger charge is 2.66. The van der Waals surface area contributed by atoms with Crippen LogP contribution in [0, 0.1) is 22.2 Å². The smallest absolute Gasteiger partial charge is 0.178 e. The Balaban J connectivity index is 1.19. The summed E-state index contributed by atoms with van der Waals surface area (Å²) in [5.74, 6) is 3.44. The van der Waals surface area contributed by atoms with Gasteiger partial charge in [-0.1, -0.05) is 94.5 Å². The van der Waals surface area contributed by atoms with Crippen LogP contribution in [0.25, 0.3) is 28.0 Å². The van der Waals surface area contributed by atoms with Crippen molar-refractivity contribution < 1.29 is 18.9 Å². The van der Waals surface area contributed by atoms with Gasteiger partial charge < -0.3 is 23.8 Å². The molecule has 61 heavy (non-hydrogen) atoms. The summed E-state index contributed by atoms with van der Waals surface area (Å²) in [4.78, 5) is 2.64. The van der Waals surface area contributed by atoms with Gasteiger partial charge in [0.05, 0.1) is 27.4 Å². The maximum atomic E-state index is 8.00. The van der Waals surface area contributed by atoms with Gasteiger partial charge in [-0.15, -0.1) is 0 Å². The zero-order valence-electron chi connectivity index (χ0n) is 36.8. The topological polar surface area (TPSA) is 40.2 Å². The Morgan fingerprint density at radius 1 is 0.689 bits per heavy atom. The first-order chi connectivity index (χ1) is 29.4. The van der Waals surface area contributed by atoms with Crippen molar-refractivity contribution in [2.24, 2.45) is 22.2 Å². The average molecular weight is 810 g/mol. The molecular weight excluding hydrogens is 751 g/mol. The highest BCUT2D eigenvalue weighted by atomic mass is 16.5. The van der Waals surface area contributed by atoms with Crippen molar-refractivity contribution in [1.29, 1.82) is 0 Å². The van der Waals surface area contributed by atoms with Crippen LogP contribution in [0.1, 0.15) is 106 Å². The van der Waals surface area contributed by atoms with E-state index in [9.17, 15) is 0 Å². The van der Waals surface area contributed by atoms with Crippen LogP contribution in [0.3, 0.4) is 0 Å². The highest BCUT2D eigenvalue weighted by Crippen LogP contribution is 2.74. The van der Waals surface area contributed by atoms with Crippen LogP contribution in [0.5, 0.6) is 17.2 Å². The average Bonchev–Trinajstić information content (AvgIpc) is 3.74. The minimum atomic E-state index is -0.903. The van der Waals surface area contributed by atoms with E-state index in [0.717, 1.165) is 79.9 Å². The van der Waals surface area contributed by atoms with Gasteiger partial charge in [0, 0.05) is 51.7 Å². The summed E-state index contributed by atoms with van der Waals surface area (Å²) in [6.07, 6.45) is 18.3. The number of rotatable bonds is 6. The summed E-state index contributed by atoms with van der Waals surface area (Å²) in [7, 11) is 3.46. The van der Waals surface area contributed by atoms with Gasteiger partial charge in [0.1, 0.15) is 17.2 Å². The third-order valence-electron chi connectivity index (χ3n) is 16.4. The molecule has 7 aliphatic rings. The van der Waals surface area contributed by atoms with Gasteiger partial charge in [0.25, 0.3) is 0 Å². The molecule has 5 aliphatic carbocycles. The molecule has 3 atom stereocenters. The molecule has 3 saturated carbocycles. The van der Waals surface area contributed by atoms with E-state index < -0.39 is 5.60 Å². The molecular formula is C56H59NO4. The molecule has 2 heterocycles. The third-order valence-corrected chi connectivity index (χ3v) is 16.4. The summed E-state index contributed by atoms with van der Waals surface area (Å²) >= 11 is 0. The standard InChI is InChI=1S/C56H59NO4/c1-51(2)32-52(3,4)34-55(33-51)45-11-8-7-10-41(45)48-43-28-46(54-22-9-21-53(35-54)30-38(53)31-54)47(57-24-26-60-27-25-57)29-44(43)50-42(49(48)55)20-23-56(61-50,36-12-16-39(58-5)17-13-36)37-14-18-40(59-6)19-15-37/h7-21,23,28-29,38H,22,24-27,30-35H2,1-6H3. The van der Waals surface area contributed by atoms with Crippen LogP contribution in [-0.4, -0.2) is 40.5 Å². The molecule has 2 bridgehead atoms. The van der Waals surface area contributed by atoms with E-state index in [2.05, 4.69) is 142 Å². The van der Waals surface area contributed by atoms with E-state index in [0.29, 0.717) is 5.41 Å². The van der Waals surface area contributed by atoms with Crippen molar-refractivity contribution in [2.45, 2.75) is 89.1 Å². The first-order valence-electron chi connectivity index (χ1n) is 22.9. The number of nitrogens with zero attached hydrogens (tertiary/aromatic N) is 1. The van der Waals surface area contributed by atoms with Crippen LogP contribution < -0.4 is 19.1 Å². The van der Waals surface area contributed by atoms with Crippen molar-refractivity contribution in [2.75, 3.05) is 45.4 Å². The van der Waals surface area contributed by atoms with Crippen LogP contribution in [0.15, 0.2) is 103 Å². The zero-order valence-corrected chi connectivity index (χ0v) is 36.8. The van der Waals surface area contributed by atoms with Gasteiger partial charge in [-0.2, -0.15) is 0 Å². The third kappa shape index (κ3) is 5.41. The Morgan fingerprint density at radius 3 is 2.03 bits per heavy atom. The fourth-order valence-corrected chi connectivity index (χ4v) is 14.7. The Morgan fingerprint density at radius 2 is 1.36 bits per heavy atom. The number of allylic oxidation sites excluding steroid dienone is 2. The fourth-order valence-electron chi connectivity index (χ4n) is 14.7. The van der Waals surface area contributed by atoms with E-state index in [1.54, 1.807) is 19.8 Å². The predicted molar refractivity (Wildman–Crippen MR) is 246 cm³/mol. The summed E-state index contributed by atoms with van der Waals surface area (Å²) in [6, 6.07) is 31.7. The number of anilines is 1. The van der Waals surface area contributed by atoms with Gasteiger partial charge in [0.15, 0.2) is 5.60 Å². The summed E-state index contributed by atoms with van der Waals surface area (Å²) < 4.78 is 25.4. The van der Waals surface area contributed by atoms with E-state index in [1.165, 1.54) is 70.0 Å². The fraction of sp³-hybridized carbons (Fsp3) is 0.429. The molecule has 5 nitrogen and oxygen atoms in total. The first-order valence-corrected chi connectivity index (χ1v) is 22.9. The number of morpholine rings is 1.